The number of ketones is 1. The van der Waals surface area contributed by atoms with Crippen LogP contribution in [0, 0.1) is 0 Å². The first-order chi connectivity index (χ1) is 13.1. The Kier molecular flexibility index (Phi) is 6.12. The fourth-order valence-corrected chi connectivity index (χ4v) is 3.49. The van der Waals surface area contributed by atoms with Crippen LogP contribution < -0.4 is 14.8 Å². The number of carbonyl (C=O) groups is 2. The number of methoxy groups -OCH3 is 2. The zero-order valence-electron chi connectivity index (χ0n) is 15.8. The van der Waals surface area contributed by atoms with Crippen LogP contribution in [0.5, 0.6) is 11.5 Å². The first-order valence-electron chi connectivity index (χ1n) is 9.24. The lowest BCUT2D eigenvalue weighted by Gasteiger charge is -2.13. The second-order valence-corrected chi connectivity index (χ2v) is 6.69. The highest BCUT2D eigenvalue weighted by atomic mass is 16.5. The van der Waals surface area contributed by atoms with Crippen LogP contribution in [0.4, 0.5) is 0 Å². The normalized spacial score (nSPS) is 12.4. The lowest BCUT2D eigenvalue weighted by atomic mass is 10.0. The minimum absolute atomic E-state index is 0.0128. The molecule has 0 atom stereocenters. The zero-order chi connectivity index (χ0) is 19.2. The molecule has 0 saturated carbocycles. The Morgan fingerprint density at radius 1 is 1.00 bits per heavy atom. The van der Waals surface area contributed by atoms with Gasteiger partial charge in [-0.15, -0.1) is 0 Å². The molecule has 3 rings (SSSR count). The van der Waals surface area contributed by atoms with Gasteiger partial charge in [0.1, 0.15) is 0 Å². The minimum atomic E-state index is -0.158. The highest BCUT2D eigenvalue weighted by molar-refractivity contribution is 5.98. The number of ether oxygens (including phenoxy) is 2. The smallest absolute Gasteiger partial charge is 0.220 e. The van der Waals surface area contributed by atoms with E-state index in [1.54, 1.807) is 20.3 Å². The Morgan fingerprint density at radius 2 is 1.81 bits per heavy atom. The number of rotatable bonds is 8. The molecular formula is C22H25NO4. The molecule has 1 amide bonds. The number of hydrogen-bond acceptors (Lipinski definition) is 4. The number of aryl methyl sites for hydroxylation is 2. The molecule has 0 aliphatic heterocycles. The Hall–Kier alpha value is -2.82. The van der Waals surface area contributed by atoms with Crippen LogP contribution in [0.3, 0.4) is 0 Å². The van der Waals surface area contributed by atoms with Crippen LogP contribution in [0.2, 0.25) is 0 Å². The molecule has 1 N–H and O–H groups in total. The van der Waals surface area contributed by atoms with E-state index in [1.807, 2.05) is 30.3 Å². The maximum absolute atomic E-state index is 12.4. The maximum atomic E-state index is 12.4. The van der Waals surface area contributed by atoms with Gasteiger partial charge in [0.05, 0.1) is 14.2 Å². The molecule has 27 heavy (non-hydrogen) atoms. The van der Waals surface area contributed by atoms with Crippen molar-refractivity contribution in [3.8, 4) is 11.5 Å². The summed E-state index contributed by atoms with van der Waals surface area (Å²) in [7, 11) is 3.14. The number of nitrogens with one attached hydrogen (secondary N) is 1. The zero-order valence-corrected chi connectivity index (χ0v) is 15.8. The van der Waals surface area contributed by atoms with E-state index in [0.29, 0.717) is 23.6 Å². The van der Waals surface area contributed by atoms with Gasteiger partial charge in [-0.3, -0.25) is 9.59 Å². The van der Waals surface area contributed by atoms with Crippen LogP contribution in [0.1, 0.15) is 46.3 Å². The van der Waals surface area contributed by atoms with Crippen molar-refractivity contribution in [2.24, 2.45) is 0 Å². The number of carbonyl (C=O) groups excluding carboxylic acids is 2. The summed E-state index contributed by atoms with van der Waals surface area (Å²) in [5, 5.41) is 2.85. The molecule has 2 aromatic carbocycles. The van der Waals surface area contributed by atoms with Crippen LogP contribution in [-0.2, 0) is 24.2 Å². The molecular weight excluding hydrogens is 342 g/mol. The largest absolute Gasteiger partial charge is 0.493 e. The van der Waals surface area contributed by atoms with Gasteiger partial charge in [0, 0.05) is 30.5 Å². The quantitative estimate of drug-likeness (QED) is 0.726. The Morgan fingerprint density at radius 3 is 2.59 bits per heavy atom. The van der Waals surface area contributed by atoms with Crippen LogP contribution >= 0.6 is 0 Å². The van der Waals surface area contributed by atoms with E-state index in [4.69, 9.17) is 9.47 Å². The molecule has 0 spiro atoms. The number of para-hydroxylation sites is 1. The monoisotopic (exact) mass is 367 g/mol. The van der Waals surface area contributed by atoms with E-state index in [2.05, 4.69) is 5.32 Å². The fraction of sp³-hybridized carbons (Fsp3) is 0.364. The summed E-state index contributed by atoms with van der Waals surface area (Å²) < 4.78 is 10.6. The molecule has 5 heteroatoms. The highest BCUT2D eigenvalue weighted by Crippen LogP contribution is 2.30. The average Bonchev–Trinajstić information content (AvgIpc) is 3.17. The molecule has 1 aliphatic rings. The summed E-state index contributed by atoms with van der Waals surface area (Å²) in [6.45, 7) is 0.326. The van der Waals surface area contributed by atoms with Gasteiger partial charge in [0.15, 0.2) is 17.3 Å². The molecule has 5 nitrogen and oxygen atoms in total. The van der Waals surface area contributed by atoms with E-state index >= 15 is 0 Å². The molecule has 0 saturated heterocycles. The number of amides is 1. The van der Waals surface area contributed by atoms with Crippen molar-refractivity contribution in [1.29, 1.82) is 0 Å². The predicted octanol–water partition coefficient (Wildman–Crippen LogP) is 3.47. The van der Waals surface area contributed by atoms with Crippen molar-refractivity contribution in [1.82, 2.24) is 5.32 Å². The second-order valence-electron chi connectivity index (χ2n) is 6.69. The Balaban J connectivity index is 1.52. The first-order valence-corrected chi connectivity index (χ1v) is 9.24. The predicted molar refractivity (Wildman–Crippen MR) is 103 cm³/mol. The van der Waals surface area contributed by atoms with Gasteiger partial charge in [0.25, 0.3) is 0 Å². The second kappa shape index (κ2) is 8.71. The van der Waals surface area contributed by atoms with Crippen molar-refractivity contribution in [3.05, 3.63) is 58.7 Å². The van der Waals surface area contributed by atoms with Crippen molar-refractivity contribution in [2.75, 3.05) is 14.2 Å². The van der Waals surface area contributed by atoms with Gasteiger partial charge >= 0.3 is 0 Å². The minimum Gasteiger partial charge on any atom is -0.493 e. The van der Waals surface area contributed by atoms with Gasteiger partial charge in [0.2, 0.25) is 5.91 Å². The molecule has 0 aromatic heterocycles. The van der Waals surface area contributed by atoms with Crippen LogP contribution in [-0.4, -0.2) is 25.9 Å². The van der Waals surface area contributed by atoms with Gasteiger partial charge in [-0.25, -0.2) is 0 Å². The summed E-state index contributed by atoms with van der Waals surface area (Å²) in [4.78, 5) is 24.5. The lowest BCUT2D eigenvalue weighted by molar-refractivity contribution is -0.121. The van der Waals surface area contributed by atoms with Crippen LogP contribution in [0.15, 0.2) is 36.4 Å². The van der Waals surface area contributed by atoms with Crippen molar-refractivity contribution in [3.63, 3.8) is 0 Å². The molecule has 0 bridgehead atoms. The summed E-state index contributed by atoms with van der Waals surface area (Å²) in [6, 6.07) is 11.4. The summed E-state index contributed by atoms with van der Waals surface area (Å²) in [6.07, 6.45) is 3.67. The van der Waals surface area contributed by atoms with Gasteiger partial charge in [-0.2, -0.15) is 0 Å². The summed E-state index contributed by atoms with van der Waals surface area (Å²) in [5.74, 6) is 1.08. The van der Waals surface area contributed by atoms with Gasteiger partial charge < -0.3 is 14.8 Å². The molecule has 0 fully saturated rings. The molecule has 0 radical (unpaired) electrons. The SMILES string of the molecule is COc1cccc(CNC(=O)CCC(=O)c2ccc3c(c2)CCC3)c1OC. The number of hydrogen-bond donors (Lipinski definition) is 1. The van der Waals surface area contributed by atoms with E-state index < -0.39 is 0 Å². The van der Waals surface area contributed by atoms with E-state index in [9.17, 15) is 9.59 Å². The molecule has 1 aliphatic carbocycles. The van der Waals surface area contributed by atoms with E-state index in [-0.39, 0.29) is 24.5 Å². The third-order valence-corrected chi connectivity index (χ3v) is 4.96. The van der Waals surface area contributed by atoms with Crippen molar-refractivity contribution in [2.45, 2.75) is 38.6 Å². The molecule has 0 unspecified atom stereocenters. The van der Waals surface area contributed by atoms with Crippen molar-refractivity contribution < 1.29 is 19.1 Å². The Labute approximate surface area is 159 Å². The van der Waals surface area contributed by atoms with Crippen LogP contribution in [0.25, 0.3) is 0 Å². The molecule has 142 valence electrons. The Bertz CT molecular complexity index is 844. The van der Waals surface area contributed by atoms with E-state index in [1.165, 1.54) is 11.1 Å². The molecule has 0 heterocycles. The lowest BCUT2D eigenvalue weighted by Crippen LogP contribution is -2.23. The highest BCUT2D eigenvalue weighted by Gasteiger charge is 2.15. The number of benzene rings is 2. The van der Waals surface area contributed by atoms with Crippen molar-refractivity contribution >= 4 is 11.7 Å². The maximum Gasteiger partial charge on any atom is 0.220 e. The topological polar surface area (TPSA) is 64.6 Å². The average molecular weight is 367 g/mol. The standard InChI is InChI=1S/C22H25NO4/c1-26-20-8-4-7-18(22(20)27-2)14-23-21(25)12-11-19(24)17-10-9-15-5-3-6-16(15)13-17/h4,7-10,13H,3,5-6,11-12,14H2,1-2H3,(H,23,25). The fourth-order valence-electron chi connectivity index (χ4n) is 3.49. The van der Waals surface area contributed by atoms with E-state index in [0.717, 1.165) is 24.8 Å². The van der Waals surface area contributed by atoms with Gasteiger partial charge in [-0.1, -0.05) is 24.3 Å². The summed E-state index contributed by atoms with van der Waals surface area (Å²) in [5.41, 5.74) is 4.15. The third kappa shape index (κ3) is 4.48. The number of fused-ring (bicyclic) bond motifs is 1. The first kappa shape index (κ1) is 19.0. The van der Waals surface area contributed by atoms with Gasteiger partial charge in [-0.05, 0) is 42.5 Å². The third-order valence-electron chi connectivity index (χ3n) is 4.96. The molecule has 2 aromatic rings. The number of Topliss-reactive ketones (excluding diaryl/α,β-unsaturated/α-hetero) is 1. The summed E-state index contributed by atoms with van der Waals surface area (Å²) >= 11 is 0.